The van der Waals surface area contributed by atoms with Crippen molar-refractivity contribution in [1.82, 2.24) is 29.5 Å². The molecule has 1 aromatic carbocycles. The van der Waals surface area contributed by atoms with Crippen molar-refractivity contribution in [1.29, 1.82) is 0 Å². The molecule has 2 aromatic heterocycles. The highest BCUT2D eigenvalue weighted by Gasteiger charge is 2.34. The number of amides is 1. The Morgan fingerprint density at radius 3 is 2.94 bits per heavy atom. The van der Waals surface area contributed by atoms with E-state index < -0.39 is 6.17 Å². The lowest BCUT2D eigenvalue weighted by atomic mass is 9.99. The van der Waals surface area contributed by atoms with E-state index in [4.69, 9.17) is 4.74 Å². The average Bonchev–Trinajstić information content (AvgIpc) is 3.36. The fourth-order valence-corrected chi connectivity index (χ4v) is 4.79. The van der Waals surface area contributed by atoms with Crippen molar-refractivity contribution >= 4 is 28.6 Å². The van der Waals surface area contributed by atoms with Gasteiger partial charge in [-0.15, -0.1) is 0 Å². The van der Waals surface area contributed by atoms with Crippen molar-refractivity contribution in [3.8, 4) is 5.75 Å². The summed E-state index contributed by atoms with van der Waals surface area (Å²) in [5.41, 5.74) is 3.98. The summed E-state index contributed by atoms with van der Waals surface area (Å²) in [6.45, 7) is 3.89. The van der Waals surface area contributed by atoms with Crippen LogP contribution in [-0.4, -0.2) is 74.9 Å². The number of methoxy groups -OCH3 is 1. The van der Waals surface area contributed by atoms with E-state index in [2.05, 4.69) is 44.5 Å². The van der Waals surface area contributed by atoms with Gasteiger partial charge in [0.05, 0.1) is 43.5 Å². The largest absolute Gasteiger partial charge is 0.495 e. The Balaban J connectivity index is 1.42. The van der Waals surface area contributed by atoms with Crippen molar-refractivity contribution < 1.29 is 13.9 Å². The molecule has 9 nitrogen and oxygen atoms in total. The predicted octanol–water partition coefficient (Wildman–Crippen LogP) is 2.53. The van der Waals surface area contributed by atoms with Gasteiger partial charge in [0.15, 0.2) is 5.65 Å². The van der Waals surface area contributed by atoms with E-state index in [1.54, 1.807) is 29.1 Å². The molecular weight excluding hydrogens is 425 g/mol. The molecule has 10 heteroatoms. The van der Waals surface area contributed by atoms with E-state index in [1.807, 2.05) is 0 Å². The van der Waals surface area contributed by atoms with Crippen LogP contribution in [0.3, 0.4) is 0 Å². The van der Waals surface area contributed by atoms with Crippen LogP contribution in [0, 0.1) is 0 Å². The fraction of sp³-hybridized carbons (Fsp3) is 0.478. The number of aromatic nitrogens is 4. The molecule has 3 aromatic rings. The van der Waals surface area contributed by atoms with Crippen molar-refractivity contribution in [3.63, 3.8) is 0 Å². The molecule has 2 aliphatic heterocycles. The predicted molar refractivity (Wildman–Crippen MR) is 122 cm³/mol. The Bertz CT molecular complexity index is 1200. The molecule has 2 atom stereocenters. The third kappa shape index (κ3) is 4.22. The summed E-state index contributed by atoms with van der Waals surface area (Å²) in [7, 11) is 3.77. The number of halogens is 1. The lowest BCUT2D eigenvalue weighted by Crippen LogP contribution is -2.36. The number of hydrogen-bond acceptors (Lipinski definition) is 7. The smallest absolute Gasteiger partial charge is 0.229 e. The van der Waals surface area contributed by atoms with Crippen molar-refractivity contribution in [2.45, 2.75) is 45.1 Å². The number of anilines is 2. The number of alkyl halides is 1. The van der Waals surface area contributed by atoms with E-state index in [1.165, 1.54) is 18.1 Å². The van der Waals surface area contributed by atoms with Gasteiger partial charge in [0, 0.05) is 32.6 Å². The van der Waals surface area contributed by atoms with E-state index >= 15 is 0 Å². The summed E-state index contributed by atoms with van der Waals surface area (Å²) >= 11 is 0. The average molecular weight is 454 g/mol. The Morgan fingerprint density at radius 2 is 2.15 bits per heavy atom. The lowest BCUT2D eigenvalue weighted by molar-refractivity contribution is -0.130. The number of nitrogens with zero attached hydrogens (tertiary/aromatic N) is 6. The first kappa shape index (κ1) is 21.6. The first-order chi connectivity index (χ1) is 15.9. The van der Waals surface area contributed by atoms with Crippen LogP contribution in [0.15, 0.2) is 24.5 Å². The van der Waals surface area contributed by atoms with Crippen molar-refractivity contribution in [3.05, 3.63) is 35.7 Å². The summed E-state index contributed by atoms with van der Waals surface area (Å²) in [6.07, 6.45) is 3.68. The van der Waals surface area contributed by atoms with Crippen LogP contribution in [0.5, 0.6) is 5.75 Å². The Kier molecular flexibility index (Phi) is 5.61. The number of ether oxygens (including phenoxy) is 1. The zero-order chi connectivity index (χ0) is 23.1. The standard InChI is InChI=1S/C23H28FN7O2/c1-14(32)30-12-18(24)8-19(30)13-31-22-17(10-26-31)9-25-23(28-22)27-20-6-16-11-29(2)5-4-15(16)7-21(20)33-3/h6-7,9-10,18-19H,4-5,8,11-13H2,1-3H3,(H,25,27,28)/t18-,19-/m0/s1. The van der Waals surface area contributed by atoms with Crippen LogP contribution in [0.4, 0.5) is 16.0 Å². The number of nitrogens with one attached hydrogen (secondary N) is 1. The Labute approximate surface area is 191 Å². The molecule has 2 aliphatic rings. The maximum atomic E-state index is 14.0. The number of carbonyl (C=O) groups is 1. The number of likely N-dealkylation sites (N-methyl/N-ethyl adjacent to an activating group) is 1. The van der Waals surface area contributed by atoms with Gasteiger partial charge in [-0.25, -0.2) is 14.1 Å². The second kappa shape index (κ2) is 8.58. The topological polar surface area (TPSA) is 88.4 Å². The summed E-state index contributed by atoms with van der Waals surface area (Å²) in [5.74, 6) is 1.04. The molecule has 0 bridgehead atoms. The number of likely N-dealkylation sites (tertiary alicyclic amines) is 1. The molecule has 1 fully saturated rings. The van der Waals surface area contributed by atoms with Gasteiger partial charge >= 0.3 is 0 Å². The Hall–Kier alpha value is -3.27. The van der Waals surface area contributed by atoms with Gasteiger partial charge in [0.2, 0.25) is 11.9 Å². The maximum Gasteiger partial charge on any atom is 0.229 e. The summed E-state index contributed by atoms with van der Waals surface area (Å²) in [5, 5.41) is 8.50. The van der Waals surface area contributed by atoms with E-state index in [0.29, 0.717) is 24.6 Å². The lowest BCUT2D eigenvalue weighted by Gasteiger charge is -2.26. The molecule has 0 saturated carbocycles. The van der Waals surface area contributed by atoms with Crippen LogP contribution in [0.1, 0.15) is 24.5 Å². The molecule has 4 heterocycles. The monoisotopic (exact) mass is 453 g/mol. The molecule has 0 radical (unpaired) electrons. The molecule has 5 rings (SSSR count). The zero-order valence-electron chi connectivity index (χ0n) is 19.1. The number of fused-ring (bicyclic) bond motifs is 2. The molecular formula is C23H28FN7O2. The van der Waals surface area contributed by atoms with Crippen LogP contribution >= 0.6 is 0 Å². The molecule has 0 unspecified atom stereocenters. The Morgan fingerprint density at radius 1 is 1.30 bits per heavy atom. The molecule has 1 amide bonds. The molecule has 0 aliphatic carbocycles. The SMILES string of the molecule is COc1cc2c(cc1Nc1ncc3cnn(C[C@@H]4C[C@H](F)CN4C(C)=O)c3n1)CN(C)CC2. The van der Waals surface area contributed by atoms with Crippen LogP contribution < -0.4 is 10.1 Å². The van der Waals surface area contributed by atoms with Gasteiger partial charge in [-0.3, -0.25) is 4.79 Å². The van der Waals surface area contributed by atoms with E-state index in [0.717, 1.165) is 36.3 Å². The quantitative estimate of drug-likeness (QED) is 0.635. The summed E-state index contributed by atoms with van der Waals surface area (Å²) < 4.78 is 21.3. The van der Waals surface area contributed by atoms with Crippen LogP contribution in [-0.2, 0) is 24.3 Å². The highest BCUT2D eigenvalue weighted by molar-refractivity contribution is 5.76. The van der Waals surface area contributed by atoms with Crippen molar-refractivity contribution in [2.24, 2.45) is 0 Å². The fourth-order valence-electron chi connectivity index (χ4n) is 4.79. The third-order valence-corrected chi connectivity index (χ3v) is 6.50. The minimum Gasteiger partial charge on any atom is -0.495 e. The van der Waals surface area contributed by atoms with Gasteiger partial charge in [-0.1, -0.05) is 0 Å². The number of hydrogen-bond donors (Lipinski definition) is 1. The van der Waals surface area contributed by atoms with Gasteiger partial charge < -0.3 is 19.9 Å². The third-order valence-electron chi connectivity index (χ3n) is 6.50. The first-order valence-corrected chi connectivity index (χ1v) is 11.2. The molecule has 1 saturated heterocycles. The number of benzene rings is 1. The molecule has 174 valence electrons. The maximum absolute atomic E-state index is 14.0. The minimum absolute atomic E-state index is 0.126. The normalized spacial score (nSPS) is 20.8. The van der Waals surface area contributed by atoms with Crippen molar-refractivity contribution in [2.75, 3.05) is 32.6 Å². The number of rotatable bonds is 5. The highest BCUT2D eigenvalue weighted by Crippen LogP contribution is 2.33. The van der Waals surface area contributed by atoms with E-state index in [-0.39, 0.29) is 18.5 Å². The van der Waals surface area contributed by atoms with Crippen LogP contribution in [0.2, 0.25) is 0 Å². The molecule has 0 spiro atoms. The van der Waals surface area contributed by atoms with Gasteiger partial charge in [-0.05, 0) is 36.7 Å². The van der Waals surface area contributed by atoms with Gasteiger partial charge in [-0.2, -0.15) is 10.1 Å². The zero-order valence-corrected chi connectivity index (χ0v) is 19.1. The van der Waals surface area contributed by atoms with Gasteiger partial charge in [0.1, 0.15) is 11.9 Å². The van der Waals surface area contributed by atoms with Crippen LogP contribution in [0.25, 0.3) is 11.0 Å². The van der Waals surface area contributed by atoms with Gasteiger partial charge in [0.25, 0.3) is 0 Å². The minimum atomic E-state index is -1.01. The second-order valence-corrected chi connectivity index (χ2v) is 8.89. The highest BCUT2D eigenvalue weighted by atomic mass is 19.1. The summed E-state index contributed by atoms with van der Waals surface area (Å²) in [6, 6.07) is 3.93. The first-order valence-electron chi connectivity index (χ1n) is 11.2. The molecule has 33 heavy (non-hydrogen) atoms. The number of carbonyl (C=O) groups excluding carboxylic acids is 1. The van der Waals surface area contributed by atoms with E-state index in [9.17, 15) is 9.18 Å². The second-order valence-electron chi connectivity index (χ2n) is 8.89. The summed E-state index contributed by atoms with van der Waals surface area (Å²) in [4.78, 5) is 24.9. The molecule has 1 N–H and O–H groups in total.